The Kier molecular flexibility index (Phi) is 2.35. The van der Waals surface area contributed by atoms with Crippen molar-refractivity contribution in [1.29, 1.82) is 5.26 Å². The molecule has 90 valence electrons. The molecule has 0 fully saturated rings. The standard InChI is InChI=1S/C12H10N4OS/c1-6-8(4-13)9(7-2-3-18-5-7)10-11(15-6)17-12(14)16-10/h2-3,5,9,15H,1H3,(H2,14,16)/t9-/m1/s1. The lowest BCUT2D eigenvalue weighted by Crippen LogP contribution is -2.16. The van der Waals surface area contributed by atoms with Crippen LogP contribution in [0.25, 0.3) is 0 Å². The highest BCUT2D eigenvalue weighted by atomic mass is 32.1. The molecule has 3 N–H and O–H groups in total. The van der Waals surface area contributed by atoms with Crippen molar-refractivity contribution in [2.24, 2.45) is 0 Å². The average molecular weight is 258 g/mol. The molecule has 2 aromatic rings. The van der Waals surface area contributed by atoms with Gasteiger partial charge < -0.3 is 15.5 Å². The first-order valence-corrected chi connectivity index (χ1v) is 6.31. The summed E-state index contributed by atoms with van der Waals surface area (Å²) in [5.41, 5.74) is 8.72. The maximum absolute atomic E-state index is 9.33. The van der Waals surface area contributed by atoms with Crippen molar-refractivity contribution in [3.63, 3.8) is 0 Å². The largest absolute Gasteiger partial charge is 0.407 e. The quantitative estimate of drug-likeness (QED) is 0.821. The molecule has 3 rings (SSSR count). The van der Waals surface area contributed by atoms with Crippen molar-refractivity contribution >= 4 is 23.2 Å². The molecule has 0 radical (unpaired) electrons. The second kappa shape index (κ2) is 3.89. The van der Waals surface area contributed by atoms with Crippen LogP contribution in [0.15, 0.2) is 32.5 Å². The minimum atomic E-state index is -0.196. The van der Waals surface area contributed by atoms with Gasteiger partial charge in [0.05, 0.1) is 17.6 Å². The molecule has 0 bridgehead atoms. The van der Waals surface area contributed by atoms with E-state index in [4.69, 9.17) is 10.2 Å². The number of hydrogen-bond acceptors (Lipinski definition) is 6. The number of oxazole rings is 1. The van der Waals surface area contributed by atoms with Gasteiger partial charge in [-0.3, -0.25) is 0 Å². The molecule has 0 spiro atoms. The molecule has 1 aliphatic heterocycles. The van der Waals surface area contributed by atoms with Crippen LogP contribution >= 0.6 is 11.3 Å². The van der Waals surface area contributed by atoms with Crippen molar-refractivity contribution in [2.45, 2.75) is 12.8 Å². The molecule has 0 saturated carbocycles. The normalized spacial score (nSPS) is 18.1. The van der Waals surface area contributed by atoms with Crippen LogP contribution < -0.4 is 11.1 Å². The van der Waals surface area contributed by atoms with E-state index in [-0.39, 0.29) is 11.9 Å². The Bertz CT molecular complexity index is 663. The zero-order chi connectivity index (χ0) is 12.7. The van der Waals surface area contributed by atoms with Gasteiger partial charge in [-0.1, -0.05) is 0 Å². The Balaban J connectivity index is 2.22. The van der Waals surface area contributed by atoms with E-state index in [2.05, 4.69) is 16.4 Å². The van der Waals surface area contributed by atoms with E-state index in [1.807, 2.05) is 23.8 Å². The monoisotopic (exact) mass is 258 g/mol. The molecule has 0 unspecified atom stereocenters. The zero-order valence-electron chi connectivity index (χ0n) is 9.60. The molecule has 0 aromatic carbocycles. The fraction of sp³-hybridized carbons (Fsp3) is 0.167. The van der Waals surface area contributed by atoms with Gasteiger partial charge in [-0.05, 0) is 29.3 Å². The number of rotatable bonds is 1. The highest BCUT2D eigenvalue weighted by Gasteiger charge is 2.32. The first kappa shape index (κ1) is 10.9. The molecular weight excluding hydrogens is 248 g/mol. The lowest BCUT2D eigenvalue weighted by atomic mass is 9.87. The molecular formula is C12H10N4OS. The number of thiophene rings is 1. The van der Waals surface area contributed by atoms with E-state index < -0.39 is 0 Å². The van der Waals surface area contributed by atoms with Gasteiger partial charge in [-0.25, -0.2) is 0 Å². The van der Waals surface area contributed by atoms with E-state index in [0.29, 0.717) is 17.2 Å². The minimum absolute atomic E-state index is 0.111. The number of anilines is 2. The summed E-state index contributed by atoms with van der Waals surface area (Å²) in [7, 11) is 0. The van der Waals surface area contributed by atoms with Crippen molar-refractivity contribution in [2.75, 3.05) is 11.1 Å². The SMILES string of the molecule is CC1=C(C#N)[C@@H](c2ccsc2)c2nc(N)oc2N1. The first-order chi connectivity index (χ1) is 8.70. The zero-order valence-corrected chi connectivity index (χ0v) is 10.4. The molecule has 0 aliphatic carbocycles. The van der Waals surface area contributed by atoms with Crippen molar-refractivity contribution in [3.8, 4) is 6.07 Å². The summed E-state index contributed by atoms with van der Waals surface area (Å²) in [5.74, 6) is 0.332. The highest BCUT2D eigenvalue weighted by Crippen LogP contribution is 2.42. The molecule has 3 heterocycles. The van der Waals surface area contributed by atoms with E-state index >= 15 is 0 Å². The molecule has 5 nitrogen and oxygen atoms in total. The van der Waals surface area contributed by atoms with E-state index in [9.17, 15) is 5.26 Å². The number of nitrogens with zero attached hydrogens (tertiary/aromatic N) is 2. The fourth-order valence-corrected chi connectivity index (χ4v) is 2.82. The molecule has 0 saturated heterocycles. The summed E-state index contributed by atoms with van der Waals surface area (Å²) in [5, 5.41) is 16.3. The predicted molar refractivity (Wildman–Crippen MR) is 69.0 cm³/mol. The Morgan fingerprint density at radius 2 is 2.44 bits per heavy atom. The lowest BCUT2D eigenvalue weighted by molar-refractivity contribution is 0.591. The van der Waals surface area contributed by atoms with Crippen LogP contribution in [0, 0.1) is 11.3 Å². The van der Waals surface area contributed by atoms with E-state index in [1.54, 1.807) is 11.3 Å². The number of fused-ring (bicyclic) bond motifs is 1. The second-order valence-corrected chi connectivity index (χ2v) is 4.81. The lowest BCUT2D eigenvalue weighted by Gasteiger charge is -2.21. The maximum Gasteiger partial charge on any atom is 0.294 e. The number of hydrogen-bond donors (Lipinski definition) is 2. The second-order valence-electron chi connectivity index (χ2n) is 4.03. The van der Waals surface area contributed by atoms with Gasteiger partial charge in [0.1, 0.15) is 5.69 Å². The summed E-state index contributed by atoms with van der Waals surface area (Å²) >= 11 is 1.59. The summed E-state index contributed by atoms with van der Waals surface area (Å²) < 4.78 is 5.31. The van der Waals surface area contributed by atoms with Crippen LogP contribution in [0.5, 0.6) is 0 Å². The number of aromatic nitrogens is 1. The van der Waals surface area contributed by atoms with Crippen LogP contribution in [0.3, 0.4) is 0 Å². The molecule has 0 amide bonds. The smallest absolute Gasteiger partial charge is 0.294 e. The third-order valence-electron chi connectivity index (χ3n) is 2.93. The third-order valence-corrected chi connectivity index (χ3v) is 3.64. The minimum Gasteiger partial charge on any atom is -0.407 e. The summed E-state index contributed by atoms with van der Waals surface area (Å²) in [4.78, 5) is 4.19. The van der Waals surface area contributed by atoms with Gasteiger partial charge in [0, 0.05) is 5.70 Å². The maximum atomic E-state index is 9.33. The molecule has 1 atom stereocenters. The Morgan fingerprint density at radius 1 is 1.61 bits per heavy atom. The van der Waals surface area contributed by atoms with Crippen LogP contribution in [0.4, 0.5) is 11.9 Å². The van der Waals surface area contributed by atoms with Crippen LogP contribution in [-0.2, 0) is 0 Å². The van der Waals surface area contributed by atoms with Gasteiger partial charge in [-0.15, -0.1) is 0 Å². The van der Waals surface area contributed by atoms with Gasteiger partial charge in [0.15, 0.2) is 0 Å². The van der Waals surface area contributed by atoms with Gasteiger partial charge in [0.25, 0.3) is 6.01 Å². The Labute approximate surface area is 108 Å². The highest BCUT2D eigenvalue weighted by molar-refractivity contribution is 7.08. The molecule has 1 aliphatic rings. The number of allylic oxidation sites excluding steroid dienone is 2. The molecule has 2 aromatic heterocycles. The van der Waals surface area contributed by atoms with Gasteiger partial charge in [0.2, 0.25) is 5.88 Å². The van der Waals surface area contributed by atoms with Crippen molar-refractivity contribution < 1.29 is 4.42 Å². The number of nitrogen functional groups attached to an aromatic ring is 1. The van der Waals surface area contributed by atoms with Crippen molar-refractivity contribution in [1.82, 2.24) is 4.98 Å². The molecule has 18 heavy (non-hydrogen) atoms. The summed E-state index contributed by atoms with van der Waals surface area (Å²) in [6.07, 6.45) is 0. The van der Waals surface area contributed by atoms with Crippen LogP contribution in [0.2, 0.25) is 0 Å². The summed E-state index contributed by atoms with van der Waals surface area (Å²) in [6.45, 7) is 1.85. The molecule has 6 heteroatoms. The van der Waals surface area contributed by atoms with Crippen LogP contribution in [0.1, 0.15) is 24.1 Å². The number of nitriles is 1. The average Bonchev–Trinajstić information content (AvgIpc) is 2.95. The van der Waals surface area contributed by atoms with Gasteiger partial charge in [-0.2, -0.15) is 21.6 Å². The first-order valence-electron chi connectivity index (χ1n) is 5.37. The number of nitrogens with one attached hydrogen (secondary N) is 1. The third kappa shape index (κ3) is 1.49. The Hall–Kier alpha value is -2.26. The predicted octanol–water partition coefficient (Wildman–Crippen LogP) is 2.67. The Morgan fingerprint density at radius 3 is 3.11 bits per heavy atom. The van der Waals surface area contributed by atoms with E-state index in [0.717, 1.165) is 11.3 Å². The summed E-state index contributed by atoms with van der Waals surface area (Å²) in [6, 6.07) is 4.34. The van der Waals surface area contributed by atoms with E-state index in [1.165, 1.54) is 0 Å². The van der Waals surface area contributed by atoms with Gasteiger partial charge >= 0.3 is 0 Å². The van der Waals surface area contributed by atoms with Crippen LogP contribution in [-0.4, -0.2) is 4.98 Å². The number of nitrogens with two attached hydrogens (primary N) is 1. The van der Waals surface area contributed by atoms with Crippen molar-refractivity contribution in [3.05, 3.63) is 39.4 Å². The topological polar surface area (TPSA) is 87.9 Å². The fourth-order valence-electron chi connectivity index (χ4n) is 2.14.